The van der Waals surface area contributed by atoms with E-state index in [1.165, 1.54) is 11.1 Å². The Morgan fingerprint density at radius 2 is 1.95 bits per heavy atom. The number of nitrogens with zero attached hydrogens (tertiary/aromatic N) is 2. The van der Waals surface area contributed by atoms with Gasteiger partial charge in [0.1, 0.15) is 12.4 Å². The van der Waals surface area contributed by atoms with Gasteiger partial charge in [-0.3, -0.25) is 4.68 Å². The summed E-state index contributed by atoms with van der Waals surface area (Å²) in [7, 11) is 0. The molecule has 0 amide bonds. The van der Waals surface area contributed by atoms with Crippen LogP contribution in [0.15, 0.2) is 24.3 Å². The molecule has 0 spiro atoms. The number of ether oxygens (including phenoxy) is 1. The standard InChI is InChI=1S/C16H22N2O/c1-5-14-10-15(18(6-2)17-14)11-19-16-8-7-12(3)9-13(16)4/h7-10H,5-6,11H2,1-4H3. The molecular formula is C16H22N2O. The minimum Gasteiger partial charge on any atom is -0.487 e. The van der Waals surface area contributed by atoms with Gasteiger partial charge >= 0.3 is 0 Å². The topological polar surface area (TPSA) is 27.1 Å². The Bertz CT molecular complexity index is 558. The molecule has 2 aromatic rings. The molecule has 0 saturated heterocycles. The monoisotopic (exact) mass is 258 g/mol. The third-order valence-corrected chi connectivity index (χ3v) is 3.28. The molecule has 2 rings (SSSR count). The van der Waals surface area contributed by atoms with E-state index in [1.807, 2.05) is 10.7 Å². The lowest BCUT2D eigenvalue weighted by Crippen LogP contribution is -2.06. The smallest absolute Gasteiger partial charge is 0.130 e. The summed E-state index contributed by atoms with van der Waals surface area (Å²) in [6.07, 6.45) is 0.962. The highest BCUT2D eigenvalue weighted by atomic mass is 16.5. The maximum Gasteiger partial charge on any atom is 0.130 e. The quantitative estimate of drug-likeness (QED) is 0.818. The number of hydrogen-bond donors (Lipinski definition) is 0. The molecule has 1 aromatic carbocycles. The van der Waals surface area contributed by atoms with Crippen molar-refractivity contribution in [2.75, 3.05) is 0 Å². The van der Waals surface area contributed by atoms with E-state index in [4.69, 9.17) is 4.74 Å². The first-order chi connectivity index (χ1) is 9.13. The first-order valence-electron chi connectivity index (χ1n) is 6.89. The van der Waals surface area contributed by atoms with Gasteiger partial charge in [0, 0.05) is 6.54 Å². The molecule has 19 heavy (non-hydrogen) atoms. The molecule has 0 atom stereocenters. The van der Waals surface area contributed by atoms with Gasteiger partial charge < -0.3 is 4.74 Å². The summed E-state index contributed by atoms with van der Waals surface area (Å²) in [5, 5.41) is 4.53. The number of aryl methyl sites for hydroxylation is 4. The van der Waals surface area contributed by atoms with Gasteiger partial charge in [-0.25, -0.2) is 0 Å². The van der Waals surface area contributed by atoms with Crippen molar-refractivity contribution in [1.82, 2.24) is 9.78 Å². The van der Waals surface area contributed by atoms with Crippen molar-refractivity contribution in [3.05, 3.63) is 46.8 Å². The fourth-order valence-corrected chi connectivity index (χ4v) is 2.19. The van der Waals surface area contributed by atoms with Crippen molar-refractivity contribution >= 4 is 0 Å². The van der Waals surface area contributed by atoms with Gasteiger partial charge in [0.05, 0.1) is 11.4 Å². The maximum absolute atomic E-state index is 5.92. The van der Waals surface area contributed by atoms with Crippen LogP contribution in [0.4, 0.5) is 0 Å². The molecule has 3 nitrogen and oxygen atoms in total. The van der Waals surface area contributed by atoms with Crippen LogP contribution in [0.3, 0.4) is 0 Å². The number of rotatable bonds is 5. The first kappa shape index (κ1) is 13.7. The summed E-state index contributed by atoms with van der Waals surface area (Å²) >= 11 is 0. The van der Waals surface area contributed by atoms with Gasteiger partial charge in [0.25, 0.3) is 0 Å². The number of hydrogen-bond acceptors (Lipinski definition) is 2. The van der Waals surface area contributed by atoms with Crippen LogP contribution in [0.5, 0.6) is 5.75 Å². The molecule has 1 heterocycles. The highest BCUT2D eigenvalue weighted by molar-refractivity contribution is 5.35. The van der Waals surface area contributed by atoms with E-state index < -0.39 is 0 Å². The van der Waals surface area contributed by atoms with E-state index in [-0.39, 0.29) is 0 Å². The van der Waals surface area contributed by atoms with Crippen LogP contribution >= 0.6 is 0 Å². The van der Waals surface area contributed by atoms with Gasteiger partial charge in [-0.2, -0.15) is 5.10 Å². The minimum absolute atomic E-state index is 0.574. The zero-order valence-electron chi connectivity index (χ0n) is 12.2. The van der Waals surface area contributed by atoms with Crippen LogP contribution in [0.25, 0.3) is 0 Å². The van der Waals surface area contributed by atoms with Crippen LogP contribution in [0, 0.1) is 13.8 Å². The number of benzene rings is 1. The maximum atomic E-state index is 5.92. The van der Waals surface area contributed by atoms with Crippen molar-refractivity contribution in [2.45, 2.75) is 47.3 Å². The van der Waals surface area contributed by atoms with E-state index in [0.29, 0.717) is 6.61 Å². The van der Waals surface area contributed by atoms with E-state index in [1.54, 1.807) is 0 Å². The second kappa shape index (κ2) is 5.91. The number of aromatic nitrogens is 2. The third kappa shape index (κ3) is 3.16. The SMILES string of the molecule is CCc1cc(COc2ccc(C)cc2C)n(CC)n1. The lowest BCUT2D eigenvalue weighted by Gasteiger charge is -2.10. The van der Waals surface area contributed by atoms with Crippen molar-refractivity contribution in [3.8, 4) is 5.75 Å². The van der Waals surface area contributed by atoms with E-state index >= 15 is 0 Å². The first-order valence-corrected chi connectivity index (χ1v) is 6.89. The van der Waals surface area contributed by atoms with E-state index in [2.05, 4.69) is 51.0 Å². The minimum atomic E-state index is 0.574. The summed E-state index contributed by atoms with van der Waals surface area (Å²) in [6, 6.07) is 8.39. The fraction of sp³-hybridized carbons (Fsp3) is 0.438. The van der Waals surface area contributed by atoms with Gasteiger partial charge in [0.2, 0.25) is 0 Å². The molecular weight excluding hydrogens is 236 g/mol. The Hall–Kier alpha value is -1.77. The normalized spacial score (nSPS) is 10.7. The van der Waals surface area contributed by atoms with Crippen molar-refractivity contribution in [2.24, 2.45) is 0 Å². The predicted molar refractivity (Wildman–Crippen MR) is 77.5 cm³/mol. The highest BCUT2D eigenvalue weighted by Gasteiger charge is 2.07. The van der Waals surface area contributed by atoms with Gasteiger partial charge in [-0.05, 0) is 44.9 Å². The molecule has 1 aromatic heterocycles. The van der Waals surface area contributed by atoms with Crippen molar-refractivity contribution in [3.63, 3.8) is 0 Å². The summed E-state index contributed by atoms with van der Waals surface area (Å²) in [4.78, 5) is 0. The molecule has 0 unspecified atom stereocenters. The van der Waals surface area contributed by atoms with E-state index in [0.717, 1.165) is 30.1 Å². The molecule has 0 saturated carbocycles. The second-order valence-corrected chi connectivity index (χ2v) is 4.85. The molecule has 0 aliphatic carbocycles. The van der Waals surface area contributed by atoms with Crippen molar-refractivity contribution < 1.29 is 4.74 Å². The lowest BCUT2D eigenvalue weighted by atomic mass is 10.1. The Morgan fingerprint density at radius 3 is 2.58 bits per heavy atom. The molecule has 0 aliphatic heterocycles. The Balaban J connectivity index is 2.11. The summed E-state index contributed by atoms with van der Waals surface area (Å²) in [5.41, 5.74) is 4.70. The van der Waals surface area contributed by atoms with Gasteiger partial charge in [-0.1, -0.05) is 24.6 Å². The average molecular weight is 258 g/mol. The van der Waals surface area contributed by atoms with Crippen molar-refractivity contribution in [1.29, 1.82) is 0 Å². The van der Waals surface area contributed by atoms with Gasteiger partial charge in [-0.15, -0.1) is 0 Å². The van der Waals surface area contributed by atoms with Crippen LogP contribution < -0.4 is 4.74 Å². The van der Waals surface area contributed by atoms with E-state index in [9.17, 15) is 0 Å². The second-order valence-electron chi connectivity index (χ2n) is 4.85. The average Bonchev–Trinajstić information content (AvgIpc) is 2.80. The fourth-order valence-electron chi connectivity index (χ4n) is 2.19. The zero-order chi connectivity index (χ0) is 13.8. The molecule has 0 aliphatic rings. The Labute approximate surface area is 115 Å². The summed E-state index contributed by atoms with van der Waals surface area (Å²) in [6.45, 7) is 9.86. The molecule has 0 bridgehead atoms. The summed E-state index contributed by atoms with van der Waals surface area (Å²) < 4.78 is 7.93. The lowest BCUT2D eigenvalue weighted by molar-refractivity contribution is 0.290. The predicted octanol–water partition coefficient (Wildman–Crippen LogP) is 3.66. The van der Waals surface area contributed by atoms with Crippen LogP contribution in [0.1, 0.15) is 36.4 Å². The summed E-state index contributed by atoms with van der Waals surface area (Å²) in [5.74, 6) is 0.951. The molecule has 0 radical (unpaired) electrons. The molecule has 102 valence electrons. The third-order valence-electron chi connectivity index (χ3n) is 3.28. The molecule has 3 heteroatoms. The zero-order valence-corrected chi connectivity index (χ0v) is 12.2. The van der Waals surface area contributed by atoms with Crippen LogP contribution in [0.2, 0.25) is 0 Å². The Morgan fingerprint density at radius 1 is 1.16 bits per heavy atom. The molecule has 0 fully saturated rings. The van der Waals surface area contributed by atoms with Crippen LogP contribution in [-0.2, 0) is 19.6 Å². The molecule has 0 N–H and O–H groups in total. The Kier molecular flexibility index (Phi) is 4.25. The van der Waals surface area contributed by atoms with Crippen LogP contribution in [-0.4, -0.2) is 9.78 Å². The van der Waals surface area contributed by atoms with Gasteiger partial charge in [0.15, 0.2) is 0 Å². The highest BCUT2D eigenvalue weighted by Crippen LogP contribution is 2.20. The largest absolute Gasteiger partial charge is 0.487 e.